The number of fused-ring (bicyclic) bond motifs is 3. The predicted octanol–water partition coefficient (Wildman–Crippen LogP) is 2.76. The zero-order valence-electron chi connectivity index (χ0n) is 12.3. The van der Waals surface area contributed by atoms with Crippen molar-refractivity contribution in [3.8, 4) is 0 Å². The van der Waals surface area contributed by atoms with Crippen LogP contribution in [0.1, 0.15) is 11.1 Å². The van der Waals surface area contributed by atoms with Crippen LogP contribution in [0.25, 0.3) is 22.1 Å². The highest BCUT2D eigenvalue weighted by molar-refractivity contribution is 6.00. The number of hydrogen-bond acceptors (Lipinski definition) is 2. The molecular formula is C17H16N4O. The van der Waals surface area contributed by atoms with Crippen molar-refractivity contribution >= 4 is 22.1 Å². The van der Waals surface area contributed by atoms with Gasteiger partial charge in [-0.05, 0) is 30.5 Å². The number of H-pyrrole nitrogens is 2. The van der Waals surface area contributed by atoms with E-state index in [2.05, 4.69) is 34.0 Å². The fourth-order valence-electron chi connectivity index (χ4n) is 3.00. The third-order valence-electron chi connectivity index (χ3n) is 4.18. The summed E-state index contributed by atoms with van der Waals surface area (Å²) in [5.41, 5.74) is 4.94. The van der Waals surface area contributed by atoms with Gasteiger partial charge in [-0.15, -0.1) is 0 Å². The lowest BCUT2D eigenvalue weighted by Crippen LogP contribution is -2.18. The Morgan fingerprint density at radius 2 is 2.09 bits per heavy atom. The summed E-state index contributed by atoms with van der Waals surface area (Å²) in [7, 11) is 0. The summed E-state index contributed by atoms with van der Waals surface area (Å²) < 4.78 is 1.81. The Morgan fingerprint density at radius 1 is 1.23 bits per heavy atom. The van der Waals surface area contributed by atoms with Crippen molar-refractivity contribution in [1.82, 2.24) is 19.5 Å². The summed E-state index contributed by atoms with van der Waals surface area (Å²) in [6.07, 6.45) is 4.38. The number of nitrogens with zero attached hydrogens (tertiary/aromatic N) is 2. The molecule has 0 spiro atoms. The Hall–Kier alpha value is -2.82. The number of imidazole rings is 1. The summed E-state index contributed by atoms with van der Waals surface area (Å²) in [4.78, 5) is 22.6. The van der Waals surface area contributed by atoms with E-state index in [9.17, 15) is 4.79 Å². The third-order valence-corrected chi connectivity index (χ3v) is 4.18. The molecule has 22 heavy (non-hydrogen) atoms. The van der Waals surface area contributed by atoms with E-state index < -0.39 is 0 Å². The first kappa shape index (κ1) is 12.9. The second-order valence-corrected chi connectivity index (χ2v) is 5.52. The topological polar surface area (TPSA) is 66.5 Å². The van der Waals surface area contributed by atoms with E-state index in [1.165, 1.54) is 11.1 Å². The number of aromatic nitrogens is 4. The molecule has 0 aliphatic rings. The molecule has 0 bridgehead atoms. The van der Waals surface area contributed by atoms with Gasteiger partial charge < -0.3 is 9.97 Å². The maximum absolute atomic E-state index is 12.3. The molecule has 2 N–H and O–H groups in total. The summed E-state index contributed by atoms with van der Waals surface area (Å²) in [6.45, 7) is 2.75. The lowest BCUT2D eigenvalue weighted by atomic mass is 10.1. The first-order chi connectivity index (χ1) is 10.7. The molecule has 3 aromatic heterocycles. The molecule has 0 aliphatic carbocycles. The average molecular weight is 292 g/mol. The molecule has 0 unspecified atom stereocenters. The standard InChI is InChI=1S/C17H16N4O/c1-11-4-2-3-5-12(11)7-9-21-15-13-6-8-18-16(13)19-10-14(15)20-17(21)22/h2-6,8,10H,7,9H2,1H3,(H,18,19)(H,20,22). The zero-order chi connectivity index (χ0) is 15.1. The largest absolute Gasteiger partial charge is 0.346 e. The molecule has 3 heterocycles. The lowest BCUT2D eigenvalue weighted by Gasteiger charge is -2.07. The predicted molar refractivity (Wildman–Crippen MR) is 87.1 cm³/mol. The summed E-state index contributed by atoms with van der Waals surface area (Å²) in [5.74, 6) is 0. The summed E-state index contributed by atoms with van der Waals surface area (Å²) >= 11 is 0. The molecule has 5 nitrogen and oxygen atoms in total. The molecule has 0 atom stereocenters. The lowest BCUT2D eigenvalue weighted by molar-refractivity contribution is 0.690. The normalized spacial score (nSPS) is 11.5. The first-order valence-corrected chi connectivity index (χ1v) is 7.33. The van der Waals surface area contributed by atoms with Crippen LogP contribution in [0, 0.1) is 6.92 Å². The van der Waals surface area contributed by atoms with E-state index in [1.807, 2.05) is 24.4 Å². The highest BCUT2D eigenvalue weighted by Gasteiger charge is 2.12. The second kappa shape index (κ2) is 4.87. The van der Waals surface area contributed by atoms with Gasteiger partial charge in [-0.25, -0.2) is 9.78 Å². The number of aromatic amines is 2. The van der Waals surface area contributed by atoms with Gasteiger partial charge in [-0.1, -0.05) is 24.3 Å². The molecule has 0 saturated heterocycles. The Labute approximate surface area is 126 Å². The van der Waals surface area contributed by atoms with Gasteiger partial charge in [0.2, 0.25) is 0 Å². The average Bonchev–Trinajstić information content (AvgIpc) is 3.10. The molecule has 0 saturated carbocycles. The van der Waals surface area contributed by atoms with Gasteiger partial charge in [0.15, 0.2) is 0 Å². The van der Waals surface area contributed by atoms with Crippen LogP contribution < -0.4 is 5.69 Å². The van der Waals surface area contributed by atoms with E-state index in [1.54, 1.807) is 10.8 Å². The fourth-order valence-corrected chi connectivity index (χ4v) is 3.00. The van der Waals surface area contributed by atoms with E-state index in [4.69, 9.17) is 0 Å². The van der Waals surface area contributed by atoms with Crippen LogP contribution in [-0.2, 0) is 13.0 Å². The van der Waals surface area contributed by atoms with Gasteiger partial charge in [0, 0.05) is 18.1 Å². The summed E-state index contributed by atoms with van der Waals surface area (Å²) in [6, 6.07) is 10.2. The van der Waals surface area contributed by atoms with Crippen molar-refractivity contribution in [2.24, 2.45) is 0 Å². The molecule has 1 aromatic carbocycles. The number of nitrogens with one attached hydrogen (secondary N) is 2. The molecule has 0 amide bonds. The van der Waals surface area contributed by atoms with Crippen molar-refractivity contribution < 1.29 is 0 Å². The van der Waals surface area contributed by atoms with E-state index >= 15 is 0 Å². The molecule has 5 heteroatoms. The highest BCUT2D eigenvalue weighted by atomic mass is 16.1. The molecule has 4 rings (SSSR count). The number of aryl methyl sites for hydroxylation is 3. The molecular weight excluding hydrogens is 276 g/mol. The van der Waals surface area contributed by atoms with Crippen LogP contribution >= 0.6 is 0 Å². The van der Waals surface area contributed by atoms with Crippen molar-refractivity contribution in [3.63, 3.8) is 0 Å². The molecule has 0 fully saturated rings. The maximum atomic E-state index is 12.3. The highest BCUT2D eigenvalue weighted by Crippen LogP contribution is 2.21. The molecule has 0 aliphatic heterocycles. The Bertz CT molecular complexity index is 1020. The SMILES string of the molecule is Cc1ccccc1CCn1c(=O)[nH]c2cnc3[nH]ccc3c21. The van der Waals surface area contributed by atoms with Crippen molar-refractivity contribution in [3.05, 3.63) is 64.3 Å². The quantitative estimate of drug-likeness (QED) is 0.609. The van der Waals surface area contributed by atoms with E-state index in [-0.39, 0.29) is 5.69 Å². The minimum absolute atomic E-state index is 0.0842. The number of benzene rings is 1. The number of rotatable bonds is 3. The van der Waals surface area contributed by atoms with Crippen LogP contribution in [0.15, 0.2) is 47.5 Å². The first-order valence-electron chi connectivity index (χ1n) is 7.33. The Balaban J connectivity index is 1.81. The molecule has 110 valence electrons. The minimum atomic E-state index is -0.0842. The van der Waals surface area contributed by atoms with Crippen molar-refractivity contribution in [1.29, 1.82) is 0 Å². The monoisotopic (exact) mass is 292 g/mol. The number of pyridine rings is 1. The fraction of sp³-hybridized carbons (Fsp3) is 0.176. The smallest absolute Gasteiger partial charge is 0.326 e. The van der Waals surface area contributed by atoms with Crippen LogP contribution in [0.4, 0.5) is 0 Å². The van der Waals surface area contributed by atoms with Gasteiger partial charge in [-0.3, -0.25) is 4.57 Å². The van der Waals surface area contributed by atoms with Crippen molar-refractivity contribution in [2.45, 2.75) is 19.9 Å². The Morgan fingerprint density at radius 3 is 2.95 bits per heavy atom. The Kier molecular flexibility index (Phi) is 2.85. The van der Waals surface area contributed by atoms with E-state index in [0.29, 0.717) is 6.54 Å². The second-order valence-electron chi connectivity index (χ2n) is 5.52. The van der Waals surface area contributed by atoms with Gasteiger partial charge in [0.1, 0.15) is 5.65 Å². The van der Waals surface area contributed by atoms with Crippen molar-refractivity contribution in [2.75, 3.05) is 0 Å². The molecule has 4 aromatic rings. The van der Waals surface area contributed by atoms with Crippen LogP contribution in [0.3, 0.4) is 0 Å². The third kappa shape index (κ3) is 1.94. The van der Waals surface area contributed by atoms with Gasteiger partial charge in [0.05, 0.1) is 17.2 Å². The van der Waals surface area contributed by atoms with E-state index in [0.717, 1.165) is 28.5 Å². The zero-order valence-corrected chi connectivity index (χ0v) is 12.3. The van der Waals surface area contributed by atoms with Crippen LogP contribution in [0.5, 0.6) is 0 Å². The van der Waals surface area contributed by atoms with Crippen LogP contribution in [0.2, 0.25) is 0 Å². The summed E-state index contributed by atoms with van der Waals surface area (Å²) in [5, 5.41) is 0.973. The minimum Gasteiger partial charge on any atom is -0.346 e. The number of hydrogen-bond donors (Lipinski definition) is 2. The molecule has 0 radical (unpaired) electrons. The van der Waals surface area contributed by atoms with Crippen LogP contribution in [-0.4, -0.2) is 19.5 Å². The van der Waals surface area contributed by atoms with Gasteiger partial charge in [0.25, 0.3) is 0 Å². The maximum Gasteiger partial charge on any atom is 0.326 e. The van der Waals surface area contributed by atoms with Gasteiger partial charge >= 0.3 is 5.69 Å². The van der Waals surface area contributed by atoms with Gasteiger partial charge in [-0.2, -0.15) is 0 Å².